The monoisotopic (exact) mass is 295 g/mol. The summed E-state index contributed by atoms with van der Waals surface area (Å²) in [5.41, 5.74) is 2.62. The van der Waals surface area contributed by atoms with Crippen LogP contribution in [0.25, 0.3) is 10.9 Å². The first-order chi connectivity index (χ1) is 10.2. The highest BCUT2D eigenvalue weighted by molar-refractivity contribution is 6.30. The molecule has 2 aromatic carbocycles. The van der Waals surface area contributed by atoms with E-state index < -0.39 is 0 Å². The number of nitrogens with zero attached hydrogens (tertiary/aromatic N) is 3. The highest BCUT2D eigenvalue weighted by Crippen LogP contribution is 2.29. The Morgan fingerprint density at radius 3 is 2.71 bits per heavy atom. The van der Waals surface area contributed by atoms with Crippen LogP contribution in [0.1, 0.15) is 11.3 Å². The molecule has 0 N–H and O–H groups in total. The average Bonchev–Trinajstić information content (AvgIpc) is 2.85. The molecule has 0 aliphatic carbocycles. The largest absolute Gasteiger partial charge is 0.328 e. The van der Waals surface area contributed by atoms with Gasteiger partial charge in [-0.2, -0.15) is 5.26 Å². The third kappa shape index (κ3) is 2.39. The number of nitroso groups, excluding NO2 is 1. The minimum Gasteiger partial charge on any atom is -0.328 e. The number of aromatic nitrogens is 1. The number of hydrogen-bond donors (Lipinski definition) is 0. The van der Waals surface area contributed by atoms with Gasteiger partial charge in [-0.1, -0.05) is 29.8 Å². The summed E-state index contributed by atoms with van der Waals surface area (Å²) in [6.07, 6.45) is 0. The van der Waals surface area contributed by atoms with Gasteiger partial charge in [0.1, 0.15) is 17.5 Å². The topological polar surface area (TPSA) is 58.1 Å². The molecule has 0 unspecified atom stereocenters. The molecule has 0 saturated carbocycles. The molecule has 0 spiro atoms. The van der Waals surface area contributed by atoms with Crippen molar-refractivity contribution in [2.75, 3.05) is 0 Å². The van der Waals surface area contributed by atoms with E-state index >= 15 is 0 Å². The summed E-state index contributed by atoms with van der Waals surface area (Å²) in [6.45, 7) is 0.509. The van der Waals surface area contributed by atoms with Crippen LogP contribution in [-0.2, 0) is 6.54 Å². The number of hydrogen-bond acceptors (Lipinski definition) is 3. The van der Waals surface area contributed by atoms with Crippen LogP contribution in [0, 0.1) is 16.2 Å². The van der Waals surface area contributed by atoms with Crippen molar-refractivity contribution in [1.29, 1.82) is 5.26 Å². The molecule has 0 fully saturated rings. The zero-order valence-corrected chi connectivity index (χ0v) is 11.7. The van der Waals surface area contributed by atoms with Gasteiger partial charge in [-0.15, -0.1) is 4.91 Å². The molecule has 0 bridgehead atoms. The molecular formula is C16H10ClN3O. The molecule has 4 nitrogen and oxygen atoms in total. The van der Waals surface area contributed by atoms with Gasteiger partial charge < -0.3 is 4.57 Å². The van der Waals surface area contributed by atoms with E-state index in [9.17, 15) is 10.2 Å². The number of halogens is 1. The Labute approximate surface area is 126 Å². The van der Waals surface area contributed by atoms with Crippen molar-refractivity contribution in [3.05, 3.63) is 69.7 Å². The predicted molar refractivity (Wildman–Crippen MR) is 82.7 cm³/mol. The smallest absolute Gasteiger partial charge is 0.121 e. The lowest BCUT2D eigenvalue weighted by molar-refractivity contribution is 0.823. The number of fused-ring (bicyclic) bond motifs is 1. The van der Waals surface area contributed by atoms with Gasteiger partial charge in [0.05, 0.1) is 5.52 Å². The standard InChI is InChI=1S/C16H10ClN3O/c17-12-4-1-3-11(7-12)10-20-13(9-18)8-14-15(19-21)5-2-6-16(14)20/h1-8H,10H2. The number of benzene rings is 2. The van der Waals surface area contributed by atoms with Gasteiger partial charge in [0.2, 0.25) is 0 Å². The Morgan fingerprint density at radius 1 is 1.19 bits per heavy atom. The van der Waals surface area contributed by atoms with Gasteiger partial charge in [0.15, 0.2) is 0 Å². The van der Waals surface area contributed by atoms with E-state index in [0.29, 0.717) is 28.3 Å². The fourth-order valence-electron chi connectivity index (χ4n) is 2.43. The van der Waals surface area contributed by atoms with Gasteiger partial charge in [-0.25, -0.2) is 0 Å². The van der Waals surface area contributed by atoms with Crippen LogP contribution < -0.4 is 0 Å². The Balaban J connectivity index is 2.17. The molecule has 5 heteroatoms. The van der Waals surface area contributed by atoms with E-state index in [-0.39, 0.29) is 0 Å². The van der Waals surface area contributed by atoms with E-state index in [4.69, 9.17) is 11.6 Å². The molecule has 1 heterocycles. The second-order valence-corrected chi connectivity index (χ2v) is 5.10. The summed E-state index contributed by atoms with van der Waals surface area (Å²) in [6, 6.07) is 16.6. The van der Waals surface area contributed by atoms with Crippen LogP contribution in [0.15, 0.2) is 53.7 Å². The molecule has 0 atom stereocenters. The summed E-state index contributed by atoms with van der Waals surface area (Å²) in [5.74, 6) is 0. The van der Waals surface area contributed by atoms with Gasteiger partial charge in [0, 0.05) is 17.0 Å². The first kappa shape index (κ1) is 13.3. The maximum atomic E-state index is 10.9. The summed E-state index contributed by atoms with van der Waals surface area (Å²) in [7, 11) is 0. The Bertz CT molecular complexity index is 877. The van der Waals surface area contributed by atoms with Crippen molar-refractivity contribution >= 4 is 28.2 Å². The molecule has 0 radical (unpaired) electrons. The molecule has 102 valence electrons. The van der Waals surface area contributed by atoms with Crippen molar-refractivity contribution < 1.29 is 0 Å². The molecule has 1 aromatic heterocycles. The first-order valence-corrected chi connectivity index (χ1v) is 6.71. The van der Waals surface area contributed by atoms with Crippen molar-refractivity contribution in [2.45, 2.75) is 6.54 Å². The van der Waals surface area contributed by atoms with E-state index in [2.05, 4.69) is 11.2 Å². The fourth-order valence-corrected chi connectivity index (χ4v) is 2.64. The normalized spacial score (nSPS) is 10.5. The van der Waals surface area contributed by atoms with Crippen LogP contribution in [0.3, 0.4) is 0 Å². The maximum absolute atomic E-state index is 10.9. The number of nitriles is 1. The van der Waals surface area contributed by atoms with Gasteiger partial charge >= 0.3 is 0 Å². The van der Waals surface area contributed by atoms with E-state index in [0.717, 1.165) is 11.1 Å². The number of rotatable bonds is 3. The molecule has 3 aromatic rings. The van der Waals surface area contributed by atoms with E-state index in [1.165, 1.54) is 0 Å². The highest BCUT2D eigenvalue weighted by atomic mass is 35.5. The molecule has 0 aliphatic heterocycles. The molecule has 0 amide bonds. The Morgan fingerprint density at radius 2 is 2.00 bits per heavy atom. The summed E-state index contributed by atoms with van der Waals surface area (Å²) < 4.78 is 1.86. The Kier molecular flexibility index (Phi) is 3.43. The Hall–Kier alpha value is -2.64. The third-order valence-electron chi connectivity index (χ3n) is 3.37. The van der Waals surface area contributed by atoms with Crippen LogP contribution in [0.2, 0.25) is 5.02 Å². The van der Waals surface area contributed by atoms with E-state index in [1.807, 2.05) is 28.8 Å². The van der Waals surface area contributed by atoms with Crippen molar-refractivity contribution in [1.82, 2.24) is 4.57 Å². The quantitative estimate of drug-likeness (QED) is 0.662. The minimum atomic E-state index is 0.342. The molecule has 3 rings (SSSR count). The second kappa shape index (κ2) is 5.39. The van der Waals surface area contributed by atoms with Gasteiger partial charge in [0.25, 0.3) is 0 Å². The molecule has 0 saturated heterocycles. The summed E-state index contributed by atoms with van der Waals surface area (Å²) in [4.78, 5) is 10.9. The average molecular weight is 296 g/mol. The van der Waals surface area contributed by atoms with Crippen molar-refractivity contribution in [3.8, 4) is 6.07 Å². The lowest BCUT2D eigenvalue weighted by atomic mass is 10.2. The van der Waals surface area contributed by atoms with Gasteiger partial charge in [-0.3, -0.25) is 0 Å². The summed E-state index contributed by atoms with van der Waals surface area (Å²) >= 11 is 5.99. The molecule has 21 heavy (non-hydrogen) atoms. The zero-order chi connectivity index (χ0) is 14.8. The SMILES string of the molecule is N#Cc1cc2c(N=O)cccc2n1Cc1cccc(Cl)c1. The first-order valence-electron chi connectivity index (χ1n) is 6.33. The van der Waals surface area contributed by atoms with Crippen LogP contribution >= 0.6 is 11.6 Å². The molecule has 0 aliphatic rings. The highest BCUT2D eigenvalue weighted by Gasteiger charge is 2.12. The maximum Gasteiger partial charge on any atom is 0.121 e. The fraction of sp³-hybridized carbons (Fsp3) is 0.0625. The lowest BCUT2D eigenvalue weighted by Crippen LogP contribution is -2.01. The van der Waals surface area contributed by atoms with Crippen LogP contribution in [-0.4, -0.2) is 4.57 Å². The van der Waals surface area contributed by atoms with Crippen LogP contribution in [0.4, 0.5) is 5.69 Å². The van der Waals surface area contributed by atoms with Crippen molar-refractivity contribution in [3.63, 3.8) is 0 Å². The van der Waals surface area contributed by atoms with Crippen LogP contribution in [0.5, 0.6) is 0 Å². The molecular weight excluding hydrogens is 286 g/mol. The van der Waals surface area contributed by atoms with E-state index in [1.54, 1.807) is 24.3 Å². The lowest BCUT2D eigenvalue weighted by Gasteiger charge is -2.08. The predicted octanol–water partition coefficient (Wildman–Crippen LogP) is 4.61. The third-order valence-corrected chi connectivity index (χ3v) is 3.60. The van der Waals surface area contributed by atoms with Gasteiger partial charge in [-0.05, 0) is 41.1 Å². The minimum absolute atomic E-state index is 0.342. The van der Waals surface area contributed by atoms with Crippen molar-refractivity contribution in [2.24, 2.45) is 5.18 Å². The second-order valence-electron chi connectivity index (χ2n) is 4.66. The zero-order valence-electron chi connectivity index (χ0n) is 11.0. The summed E-state index contributed by atoms with van der Waals surface area (Å²) in [5, 5.41) is 13.7.